The van der Waals surface area contributed by atoms with Crippen LogP contribution in [0.1, 0.15) is 29.9 Å². The van der Waals surface area contributed by atoms with Gasteiger partial charge >= 0.3 is 0 Å². The molecule has 4 amide bonds. The molecule has 2 saturated heterocycles. The number of carbonyl (C=O) groups excluding carboxylic acids is 4. The molecule has 2 heterocycles. The van der Waals surface area contributed by atoms with Crippen molar-refractivity contribution in [3.05, 3.63) is 129 Å². The van der Waals surface area contributed by atoms with Gasteiger partial charge in [-0.25, -0.2) is 9.80 Å². The fourth-order valence-electron chi connectivity index (χ4n) is 9.27. The Hall–Kier alpha value is -6.01. The number of phenolic OH excluding ortho intramolecular Hbond substituents is 1. The molecule has 0 unspecified atom stereocenters. The number of halogens is 1. The zero-order valence-electron chi connectivity index (χ0n) is 28.5. The molecular formula is C40H32ClN3O9. The third-order valence-electron chi connectivity index (χ3n) is 11.3. The molecule has 0 aromatic heterocycles. The van der Waals surface area contributed by atoms with Crippen molar-refractivity contribution in [3.63, 3.8) is 0 Å². The summed E-state index contributed by atoms with van der Waals surface area (Å²) in [5, 5.41) is 22.7. The Bertz CT molecular complexity index is 2250. The number of nitrogens with zero attached hydrogens (tertiary/aromatic N) is 3. The zero-order chi connectivity index (χ0) is 37.3. The first-order chi connectivity index (χ1) is 25.5. The summed E-state index contributed by atoms with van der Waals surface area (Å²) >= 11 is 6.40. The molecule has 0 bridgehead atoms. The minimum atomic E-state index is -1.61. The van der Waals surface area contributed by atoms with E-state index in [2.05, 4.69) is 0 Å². The van der Waals surface area contributed by atoms with Crippen LogP contribution in [0.5, 0.6) is 17.2 Å². The maximum absolute atomic E-state index is 15.5. The van der Waals surface area contributed by atoms with Crippen molar-refractivity contribution in [1.82, 2.24) is 0 Å². The minimum Gasteiger partial charge on any atom is -0.508 e. The predicted octanol–water partition coefficient (Wildman–Crippen LogP) is 6.34. The van der Waals surface area contributed by atoms with Crippen molar-refractivity contribution < 1.29 is 38.7 Å². The number of anilines is 2. The number of hydrogen-bond donors (Lipinski definition) is 1. The van der Waals surface area contributed by atoms with Crippen molar-refractivity contribution in [2.45, 2.75) is 24.2 Å². The highest BCUT2D eigenvalue weighted by molar-refractivity contribution is 6.32. The number of methoxy groups -OCH3 is 2. The second-order valence-electron chi connectivity index (χ2n) is 13.6. The van der Waals surface area contributed by atoms with Gasteiger partial charge in [-0.15, -0.1) is 0 Å². The molecule has 4 aromatic rings. The monoisotopic (exact) mass is 733 g/mol. The summed E-state index contributed by atoms with van der Waals surface area (Å²) < 4.78 is 11.7. The van der Waals surface area contributed by atoms with E-state index in [9.17, 15) is 29.6 Å². The predicted molar refractivity (Wildman–Crippen MR) is 193 cm³/mol. The third-order valence-corrected chi connectivity index (χ3v) is 11.5. The number of allylic oxidation sites excluding steroid dienone is 2. The SMILES string of the molecule is COc1cc(O)cc(OC)c1[C@H]1C2=CC[C@@H]3C(=O)N(c4cccc([N+](=O)[O-])c4)C(=O)[C@@H]3[C@@H]2C[C@H]2C(=O)N(c3cccc(Cl)c3)C(=O)[C@@]12c1ccccc1. The van der Waals surface area contributed by atoms with Gasteiger partial charge < -0.3 is 14.6 Å². The first kappa shape index (κ1) is 34.1. The molecule has 4 aromatic carbocycles. The first-order valence-corrected chi connectivity index (χ1v) is 17.4. The Morgan fingerprint density at radius 3 is 2.11 bits per heavy atom. The lowest BCUT2D eigenvalue weighted by atomic mass is 9.49. The summed E-state index contributed by atoms with van der Waals surface area (Å²) in [5.41, 5.74) is 0.0472. The van der Waals surface area contributed by atoms with Crippen LogP contribution in [-0.4, -0.2) is 47.9 Å². The number of benzene rings is 4. The van der Waals surface area contributed by atoms with Gasteiger partial charge in [-0.2, -0.15) is 0 Å². The molecule has 2 aliphatic heterocycles. The van der Waals surface area contributed by atoms with Crippen LogP contribution in [0.4, 0.5) is 17.1 Å². The third kappa shape index (κ3) is 4.88. The first-order valence-electron chi connectivity index (χ1n) is 17.0. The number of rotatable bonds is 7. The Morgan fingerprint density at radius 2 is 1.47 bits per heavy atom. The van der Waals surface area contributed by atoms with E-state index in [1.165, 1.54) is 50.6 Å². The van der Waals surface area contributed by atoms with Crippen LogP contribution in [0, 0.1) is 33.8 Å². The maximum atomic E-state index is 15.5. The standard InChI is InChI=1S/C40H32ClN3O9/c1-52-31-18-26(45)19-32(53-2)34(31)35-27-14-15-28-33(38(48)42(36(28)46)24-12-7-13-25(17-24)44(50)51)29(27)20-30-37(47)43(23-11-6-10-22(41)16-23)39(49)40(30,35)21-8-4-3-5-9-21/h3-14,16-19,28-30,33,35,45H,15,20H2,1-2H3/t28-,29+,30-,33-,35+,40+/m0/s1. The highest BCUT2D eigenvalue weighted by Gasteiger charge is 2.71. The Kier molecular flexibility index (Phi) is 8.10. The normalized spacial score (nSPS) is 26.2. The summed E-state index contributed by atoms with van der Waals surface area (Å²) in [6, 6.07) is 23.6. The Morgan fingerprint density at radius 1 is 0.811 bits per heavy atom. The number of hydrogen-bond acceptors (Lipinski definition) is 9. The van der Waals surface area contributed by atoms with Crippen molar-refractivity contribution >= 4 is 52.3 Å². The van der Waals surface area contributed by atoms with Crippen molar-refractivity contribution in [3.8, 4) is 17.2 Å². The van der Waals surface area contributed by atoms with Gasteiger partial charge in [-0.05, 0) is 48.6 Å². The average Bonchev–Trinajstić information content (AvgIpc) is 3.55. The molecule has 3 fully saturated rings. The molecule has 6 atom stereocenters. The van der Waals surface area contributed by atoms with Crippen LogP contribution in [0.25, 0.3) is 0 Å². The molecule has 8 rings (SSSR count). The summed E-state index contributed by atoms with van der Waals surface area (Å²) in [6.45, 7) is 0. The van der Waals surface area contributed by atoms with Gasteiger partial charge in [-0.3, -0.25) is 29.3 Å². The van der Waals surface area contributed by atoms with Crippen molar-refractivity contribution in [2.75, 3.05) is 24.0 Å². The number of phenols is 1. The molecule has 0 radical (unpaired) electrons. The quantitative estimate of drug-likeness (QED) is 0.0991. The molecule has 268 valence electrons. The number of amides is 4. The summed E-state index contributed by atoms with van der Waals surface area (Å²) in [6.07, 6.45) is 2.04. The topological polar surface area (TPSA) is 157 Å². The highest BCUT2D eigenvalue weighted by Crippen LogP contribution is 2.66. The van der Waals surface area contributed by atoms with E-state index in [4.69, 9.17) is 21.1 Å². The molecule has 13 heteroatoms. The fourth-order valence-corrected chi connectivity index (χ4v) is 9.45. The molecular weight excluding hydrogens is 702 g/mol. The summed E-state index contributed by atoms with van der Waals surface area (Å²) in [7, 11) is 2.85. The number of nitro groups is 1. The van der Waals surface area contributed by atoms with Gasteiger partial charge in [0.1, 0.15) is 17.2 Å². The fraction of sp³-hybridized carbons (Fsp3) is 0.250. The van der Waals surface area contributed by atoms with E-state index in [0.717, 1.165) is 9.80 Å². The second-order valence-corrected chi connectivity index (χ2v) is 14.1. The van der Waals surface area contributed by atoms with Crippen LogP contribution >= 0.6 is 11.6 Å². The number of aromatic hydroxyl groups is 1. The van der Waals surface area contributed by atoms with Gasteiger partial charge in [0.25, 0.3) is 5.69 Å². The van der Waals surface area contributed by atoms with Crippen LogP contribution in [0.2, 0.25) is 5.02 Å². The zero-order valence-corrected chi connectivity index (χ0v) is 29.2. The molecule has 4 aliphatic rings. The number of ether oxygens (including phenoxy) is 2. The smallest absolute Gasteiger partial charge is 0.271 e. The number of carbonyl (C=O) groups is 4. The number of fused-ring (bicyclic) bond motifs is 4. The minimum absolute atomic E-state index is 0.0323. The van der Waals surface area contributed by atoms with Crippen LogP contribution < -0.4 is 19.3 Å². The van der Waals surface area contributed by atoms with E-state index in [0.29, 0.717) is 21.7 Å². The lowest BCUT2D eigenvalue weighted by molar-refractivity contribution is -0.384. The van der Waals surface area contributed by atoms with Gasteiger partial charge in [0.05, 0.1) is 53.7 Å². The Balaban J connectivity index is 1.38. The lowest BCUT2D eigenvalue weighted by Gasteiger charge is -2.51. The molecule has 0 spiro atoms. The summed E-state index contributed by atoms with van der Waals surface area (Å²) in [5.74, 6) is -6.37. The number of non-ortho nitro benzene ring substituents is 1. The molecule has 2 aliphatic carbocycles. The van der Waals surface area contributed by atoms with Gasteiger partial charge in [0.15, 0.2) is 0 Å². The number of imide groups is 2. The Labute approximate surface area is 308 Å². The van der Waals surface area contributed by atoms with E-state index in [-0.39, 0.29) is 47.2 Å². The van der Waals surface area contributed by atoms with E-state index < -0.39 is 63.6 Å². The molecule has 1 N–H and O–H groups in total. The van der Waals surface area contributed by atoms with E-state index >= 15 is 4.79 Å². The molecule has 53 heavy (non-hydrogen) atoms. The van der Waals surface area contributed by atoms with Crippen LogP contribution in [-0.2, 0) is 24.6 Å². The van der Waals surface area contributed by atoms with Gasteiger partial charge in [0.2, 0.25) is 23.6 Å². The van der Waals surface area contributed by atoms with Crippen LogP contribution in [0.15, 0.2) is 103 Å². The van der Waals surface area contributed by atoms with Crippen LogP contribution in [0.3, 0.4) is 0 Å². The average molecular weight is 734 g/mol. The molecule has 12 nitrogen and oxygen atoms in total. The maximum Gasteiger partial charge on any atom is 0.271 e. The van der Waals surface area contributed by atoms with E-state index in [1.807, 2.05) is 12.1 Å². The highest BCUT2D eigenvalue weighted by atomic mass is 35.5. The van der Waals surface area contributed by atoms with Crippen molar-refractivity contribution in [1.29, 1.82) is 0 Å². The molecule has 1 saturated carbocycles. The van der Waals surface area contributed by atoms with Crippen molar-refractivity contribution in [2.24, 2.45) is 23.7 Å². The largest absolute Gasteiger partial charge is 0.508 e. The van der Waals surface area contributed by atoms with E-state index in [1.54, 1.807) is 48.5 Å². The van der Waals surface area contributed by atoms with Gasteiger partial charge in [-0.1, -0.05) is 65.7 Å². The van der Waals surface area contributed by atoms with Gasteiger partial charge in [0, 0.05) is 40.8 Å². The second kappa shape index (κ2) is 12.6. The number of nitro benzene ring substituents is 1. The lowest BCUT2D eigenvalue weighted by Crippen LogP contribution is -2.53. The summed E-state index contributed by atoms with van der Waals surface area (Å²) in [4.78, 5) is 72.4.